The van der Waals surface area contributed by atoms with Crippen LogP contribution in [0.5, 0.6) is 0 Å². The fourth-order valence-corrected chi connectivity index (χ4v) is 3.94. The Bertz CT molecular complexity index is 670. The Morgan fingerprint density at radius 1 is 1.48 bits per heavy atom. The standard InChI is InChI=1S/C19H23NO3.2H2/c1-14-5-3-6-15(13-14)8-11-19(22)10-4-7-17-16(19)9-12-20(17)18(21)23-2;;/h3,5-6,13,16-17,22H,4,7,9-10,12H2,1-2H3;2*1H/t16?,17?,19-;;/m1../s1. The van der Waals surface area contributed by atoms with Gasteiger partial charge in [-0.1, -0.05) is 24.0 Å². The summed E-state index contributed by atoms with van der Waals surface area (Å²) in [5, 5.41) is 11.1. The van der Waals surface area contributed by atoms with Crippen LogP contribution in [0.1, 0.15) is 39.7 Å². The lowest BCUT2D eigenvalue weighted by Crippen LogP contribution is -2.49. The van der Waals surface area contributed by atoms with Gasteiger partial charge in [0.25, 0.3) is 0 Å². The Hall–Kier alpha value is -1.99. The second kappa shape index (κ2) is 6.25. The molecule has 0 radical (unpaired) electrons. The average molecular weight is 317 g/mol. The summed E-state index contributed by atoms with van der Waals surface area (Å²) in [6.07, 6.45) is 2.93. The zero-order chi connectivity index (χ0) is 16.4. The number of amides is 1. The number of rotatable bonds is 0. The van der Waals surface area contributed by atoms with E-state index < -0.39 is 5.60 Å². The number of aryl methyl sites for hydroxylation is 1. The van der Waals surface area contributed by atoms with Gasteiger partial charge in [0.05, 0.1) is 7.11 Å². The Balaban J connectivity index is 0.00000156. The molecule has 1 heterocycles. The highest BCUT2D eigenvalue weighted by Gasteiger charge is 2.50. The van der Waals surface area contributed by atoms with Crippen LogP contribution in [-0.4, -0.2) is 41.4 Å². The number of nitrogens with zero attached hydrogens (tertiary/aromatic N) is 1. The summed E-state index contributed by atoms with van der Waals surface area (Å²) >= 11 is 0. The molecule has 2 aliphatic rings. The van der Waals surface area contributed by atoms with Crippen molar-refractivity contribution in [3.8, 4) is 11.8 Å². The first-order valence-electron chi connectivity index (χ1n) is 8.20. The van der Waals surface area contributed by atoms with Crippen LogP contribution in [0, 0.1) is 24.7 Å². The predicted molar refractivity (Wildman–Crippen MR) is 92.1 cm³/mol. The number of likely N-dealkylation sites (tertiary alicyclic amines) is 1. The minimum Gasteiger partial charge on any atom is -0.453 e. The molecule has 2 unspecified atom stereocenters. The summed E-state index contributed by atoms with van der Waals surface area (Å²) < 4.78 is 4.86. The molecule has 126 valence electrons. The number of benzene rings is 1. The molecule has 0 spiro atoms. The first-order chi connectivity index (χ1) is 11.0. The van der Waals surface area contributed by atoms with Crippen molar-refractivity contribution in [2.45, 2.75) is 44.2 Å². The number of hydrogen-bond donors (Lipinski definition) is 1. The lowest BCUT2D eigenvalue weighted by atomic mass is 9.73. The zero-order valence-electron chi connectivity index (χ0n) is 13.7. The van der Waals surface area contributed by atoms with Crippen molar-refractivity contribution >= 4 is 6.09 Å². The zero-order valence-corrected chi connectivity index (χ0v) is 13.7. The second-order valence-corrected chi connectivity index (χ2v) is 6.56. The summed E-state index contributed by atoms with van der Waals surface area (Å²) in [5.41, 5.74) is 1.06. The van der Waals surface area contributed by atoms with Crippen LogP contribution in [0.3, 0.4) is 0 Å². The number of carbonyl (C=O) groups is 1. The molecule has 3 rings (SSSR count). The molecule has 1 saturated carbocycles. The molecule has 1 N–H and O–H groups in total. The summed E-state index contributed by atoms with van der Waals surface area (Å²) in [4.78, 5) is 13.6. The van der Waals surface area contributed by atoms with Gasteiger partial charge < -0.3 is 14.7 Å². The summed E-state index contributed by atoms with van der Waals surface area (Å²) in [6, 6.07) is 8.02. The molecular formula is C19H27NO3. The van der Waals surface area contributed by atoms with E-state index in [1.165, 1.54) is 7.11 Å². The molecule has 2 fully saturated rings. The van der Waals surface area contributed by atoms with Crippen LogP contribution in [0.25, 0.3) is 0 Å². The van der Waals surface area contributed by atoms with Gasteiger partial charge in [-0.05, 0) is 50.3 Å². The van der Waals surface area contributed by atoms with E-state index in [2.05, 4.69) is 11.8 Å². The molecule has 4 nitrogen and oxygen atoms in total. The largest absolute Gasteiger partial charge is 0.453 e. The minimum absolute atomic E-state index is 0. The number of carbonyl (C=O) groups excluding carboxylic acids is 1. The third-order valence-electron chi connectivity index (χ3n) is 5.07. The number of hydrogen-bond acceptors (Lipinski definition) is 3. The van der Waals surface area contributed by atoms with Crippen molar-refractivity contribution in [2.24, 2.45) is 5.92 Å². The first kappa shape index (κ1) is 15.9. The van der Waals surface area contributed by atoms with E-state index in [0.717, 1.165) is 30.4 Å². The summed E-state index contributed by atoms with van der Waals surface area (Å²) in [6.45, 7) is 2.66. The average Bonchev–Trinajstić information content (AvgIpc) is 2.98. The van der Waals surface area contributed by atoms with Crippen LogP contribution in [-0.2, 0) is 4.74 Å². The molecule has 0 aromatic heterocycles. The maximum atomic E-state index is 11.9. The molecule has 1 saturated heterocycles. The minimum atomic E-state index is -1.02. The lowest BCUT2D eigenvalue weighted by Gasteiger charge is -2.39. The normalized spacial score (nSPS) is 29.4. The highest BCUT2D eigenvalue weighted by Crippen LogP contribution is 2.42. The van der Waals surface area contributed by atoms with Crippen molar-refractivity contribution in [3.63, 3.8) is 0 Å². The van der Waals surface area contributed by atoms with E-state index in [1.54, 1.807) is 4.90 Å². The molecule has 1 aliphatic heterocycles. The molecule has 1 aliphatic carbocycles. The van der Waals surface area contributed by atoms with E-state index in [1.807, 2.05) is 31.2 Å². The van der Waals surface area contributed by atoms with Crippen molar-refractivity contribution in [1.29, 1.82) is 0 Å². The van der Waals surface area contributed by atoms with Gasteiger partial charge in [0, 0.05) is 26.9 Å². The van der Waals surface area contributed by atoms with Crippen molar-refractivity contribution < 1.29 is 17.5 Å². The van der Waals surface area contributed by atoms with E-state index in [0.29, 0.717) is 13.0 Å². The van der Waals surface area contributed by atoms with Crippen LogP contribution in [0.2, 0.25) is 0 Å². The van der Waals surface area contributed by atoms with Crippen LogP contribution >= 0.6 is 0 Å². The monoisotopic (exact) mass is 317 g/mol. The predicted octanol–water partition coefficient (Wildman–Crippen LogP) is 3.21. The van der Waals surface area contributed by atoms with Gasteiger partial charge in [0.1, 0.15) is 5.60 Å². The van der Waals surface area contributed by atoms with E-state index in [9.17, 15) is 9.90 Å². The first-order valence-corrected chi connectivity index (χ1v) is 8.20. The maximum absolute atomic E-state index is 11.9. The third-order valence-corrected chi connectivity index (χ3v) is 5.07. The third kappa shape index (κ3) is 3.07. The van der Waals surface area contributed by atoms with Gasteiger partial charge in [0.2, 0.25) is 0 Å². The molecule has 1 aromatic rings. The Kier molecular flexibility index (Phi) is 4.32. The molecule has 1 aromatic carbocycles. The Morgan fingerprint density at radius 2 is 2.30 bits per heavy atom. The molecule has 23 heavy (non-hydrogen) atoms. The maximum Gasteiger partial charge on any atom is 0.409 e. The van der Waals surface area contributed by atoms with Gasteiger partial charge in [0.15, 0.2) is 0 Å². The SMILES string of the molecule is COC(=O)N1CCC2C1CCC[C@@]2(O)C#Cc1cccc(C)c1.[HH].[HH]. The van der Waals surface area contributed by atoms with Crippen molar-refractivity contribution in [2.75, 3.05) is 13.7 Å². The van der Waals surface area contributed by atoms with E-state index in [4.69, 9.17) is 4.74 Å². The summed E-state index contributed by atoms with van der Waals surface area (Å²) in [5.74, 6) is 6.26. The molecule has 0 bridgehead atoms. The number of ether oxygens (including phenoxy) is 1. The van der Waals surface area contributed by atoms with Gasteiger partial charge in [-0.2, -0.15) is 0 Å². The number of methoxy groups -OCH3 is 1. The van der Waals surface area contributed by atoms with Crippen molar-refractivity contribution in [1.82, 2.24) is 4.90 Å². The van der Waals surface area contributed by atoms with Crippen LogP contribution in [0.15, 0.2) is 24.3 Å². The highest BCUT2D eigenvalue weighted by molar-refractivity contribution is 5.68. The van der Waals surface area contributed by atoms with Gasteiger partial charge in [-0.3, -0.25) is 0 Å². The fraction of sp³-hybridized carbons (Fsp3) is 0.526. The Labute approximate surface area is 140 Å². The van der Waals surface area contributed by atoms with E-state index >= 15 is 0 Å². The fourth-order valence-electron chi connectivity index (χ4n) is 3.94. The second-order valence-electron chi connectivity index (χ2n) is 6.56. The Morgan fingerprint density at radius 3 is 3.04 bits per heavy atom. The van der Waals surface area contributed by atoms with Crippen LogP contribution in [0.4, 0.5) is 4.79 Å². The summed E-state index contributed by atoms with van der Waals surface area (Å²) in [7, 11) is 1.40. The number of fused-ring (bicyclic) bond motifs is 1. The number of aliphatic hydroxyl groups is 1. The molecule has 4 heteroatoms. The van der Waals surface area contributed by atoms with Crippen molar-refractivity contribution in [3.05, 3.63) is 35.4 Å². The topological polar surface area (TPSA) is 49.8 Å². The van der Waals surface area contributed by atoms with Gasteiger partial charge in [-0.25, -0.2) is 4.79 Å². The van der Waals surface area contributed by atoms with E-state index in [-0.39, 0.29) is 20.9 Å². The van der Waals surface area contributed by atoms with Crippen LogP contribution < -0.4 is 0 Å². The van der Waals surface area contributed by atoms with Gasteiger partial charge >= 0.3 is 6.09 Å². The molecular weight excluding hydrogens is 290 g/mol. The lowest BCUT2D eigenvalue weighted by molar-refractivity contribution is -0.0136. The smallest absolute Gasteiger partial charge is 0.409 e. The highest BCUT2D eigenvalue weighted by atomic mass is 16.5. The molecule has 3 atom stereocenters. The van der Waals surface area contributed by atoms with Gasteiger partial charge in [-0.15, -0.1) is 0 Å². The quantitative estimate of drug-likeness (QED) is 0.748. The molecule has 1 amide bonds.